The van der Waals surface area contributed by atoms with Crippen molar-refractivity contribution in [1.29, 1.82) is 0 Å². The first kappa shape index (κ1) is 13.0. The molecular weight excluding hydrogens is 263 g/mol. The van der Waals surface area contributed by atoms with E-state index < -0.39 is 11.7 Å². The summed E-state index contributed by atoms with van der Waals surface area (Å²) in [6.45, 7) is 0.816. The molecule has 1 nitrogen and oxygen atoms in total. The Kier molecular flexibility index (Phi) is 3.16. The summed E-state index contributed by atoms with van der Waals surface area (Å²) in [7, 11) is 0. The first-order valence-corrected chi connectivity index (χ1v) is 6.49. The second kappa shape index (κ2) is 4.85. The first-order chi connectivity index (χ1) is 9.55. The van der Waals surface area contributed by atoms with E-state index in [9.17, 15) is 13.2 Å². The smallest absolute Gasteiger partial charge is 0.341 e. The Labute approximate surface area is 115 Å². The fourth-order valence-electron chi connectivity index (χ4n) is 2.56. The van der Waals surface area contributed by atoms with Crippen LogP contribution >= 0.6 is 0 Å². The molecule has 0 N–H and O–H groups in total. The third-order valence-electron chi connectivity index (χ3n) is 3.55. The molecule has 0 fully saturated rings. The average Bonchev–Trinajstić information content (AvgIpc) is 2.46. The number of anilines is 2. The van der Waals surface area contributed by atoms with E-state index in [1.165, 1.54) is 17.7 Å². The third-order valence-corrected chi connectivity index (χ3v) is 3.55. The van der Waals surface area contributed by atoms with Crippen LogP contribution in [0.5, 0.6) is 0 Å². The zero-order valence-electron chi connectivity index (χ0n) is 10.7. The molecule has 0 atom stereocenters. The highest BCUT2D eigenvalue weighted by Crippen LogP contribution is 2.35. The maximum absolute atomic E-state index is 12.6. The van der Waals surface area contributed by atoms with Crippen LogP contribution in [0.2, 0.25) is 0 Å². The van der Waals surface area contributed by atoms with Crippen molar-refractivity contribution in [3.05, 3.63) is 59.7 Å². The van der Waals surface area contributed by atoms with E-state index in [1.807, 2.05) is 18.2 Å². The first-order valence-electron chi connectivity index (χ1n) is 6.49. The summed E-state index contributed by atoms with van der Waals surface area (Å²) < 4.78 is 37.7. The molecule has 0 aliphatic carbocycles. The lowest BCUT2D eigenvalue weighted by Crippen LogP contribution is -2.24. The van der Waals surface area contributed by atoms with Crippen molar-refractivity contribution in [2.45, 2.75) is 19.0 Å². The van der Waals surface area contributed by atoms with Crippen LogP contribution in [-0.4, -0.2) is 6.54 Å². The third kappa shape index (κ3) is 2.38. The van der Waals surface area contributed by atoms with Crippen LogP contribution in [0.25, 0.3) is 0 Å². The summed E-state index contributed by atoms with van der Waals surface area (Å²) in [4.78, 5) is 2.05. The van der Waals surface area contributed by atoms with Crippen molar-refractivity contribution in [1.82, 2.24) is 0 Å². The van der Waals surface area contributed by atoms with Crippen molar-refractivity contribution in [2.24, 2.45) is 0 Å². The summed E-state index contributed by atoms with van der Waals surface area (Å²) in [6.07, 6.45) is -2.29. The van der Waals surface area contributed by atoms with Gasteiger partial charge >= 0.3 is 6.18 Å². The van der Waals surface area contributed by atoms with Gasteiger partial charge in [-0.3, -0.25) is 0 Å². The number of aryl methyl sites for hydroxylation is 1. The van der Waals surface area contributed by atoms with Gasteiger partial charge in [-0.1, -0.05) is 12.1 Å². The molecule has 4 heteroatoms. The van der Waals surface area contributed by atoms with Crippen LogP contribution in [0.15, 0.2) is 42.5 Å². The average molecular weight is 276 g/mol. The highest BCUT2D eigenvalue weighted by molar-refractivity contribution is 5.67. The predicted molar refractivity (Wildman–Crippen MR) is 72.0 cm³/mol. The summed E-state index contributed by atoms with van der Waals surface area (Å²) in [5.41, 5.74) is 2.44. The predicted octanol–water partition coefficient (Wildman–Crippen LogP) is 4.59. The van der Waals surface area contributed by atoms with Crippen LogP contribution in [0.3, 0.4) is 0 Å². The maximum atomic E-state index is 12.6. The molecule has 0 saturated carbocycles. The van der Waals surface area contributed by atoms with E-state index in [0.29, 0.717) is 0 Å². The fraction of sp³-hybridized carbons (Fsp3) is 0.250. The normalized spacial score (nSPS) is 15.1. The van der Waals surface area contributed by atoms with Crippen molar-refractivity contribution in [3.8, 4) is 0 Å². The van der Waals surface area contributed by atoms with Gasteiger partial charge in [-0.2, -0.15) is 13.2 Å². The molecular formula is C16H13F3N. The number of fused-ring (bicyclic) bond motifs is 1. The topological polar surface area (TPSA) is 3.24 Å². The van der Waals surface area contributed by atoms with Crippen LogP contribution in [0.1, 0.15) is 17.5 Å². The maximum Gasteiger partial charge on any atom is 0.416 e. The minimum Gasteiger partial charge on any atom is -0.341 e. The molecule has 0 unspecified atom stereocenters. The lowest BCUT2D eigenvalue weighted by atomic mass is 10.0. The molecule has 1 radical (unpaired) electrons. The second-order valence-electron chi connectivity index (χ2n) is 4.85. The van der Waals surface area contributed by atoms with Crippen molar-refractivity contribution < 1.29 is 13.2 Å². The number of nitrogens with zero attached hydrogens (tertiary/aromatic N) is 1. The van der Waals surface area contributed by atoms with E-state index in [4.69, 9.17) is 0 Å². The van der Waals surface area contributed by atoms with Crippen LogP contribution in [0, 0.1) is 6.07 Å². The second-order valence-corrected chi connectivity index (χ2v) is 4.85. The van der Waals surface area contributed by atoms with E-state index >= 15 is 0 Å². The summed E-state index contributed by atoms with van der Waals surface area (Å²) in [5.74, 6) is 0. The van der Waals surface area contributed by atoms with Crippen LogP contribution in [-0.2, 0) is 12.6 Å². The number of alkyl halides is 3. The van der Waals surface area contributed by atoms with Crippen LogP contribution < -0.4 is 4.90 Å². The SMILES string of the molecule is FC(F)(F)c1ccc(N2CCCc3cc[c]cc32)cc1. The zero-order valence-corrected chi connectivity index (χ0v) is 10.7. The minimum atomic E-state index is -4.29. The Morgan fingerprint density at radius 3 is 2.50 bits per heavy atom. The minimum absolute atomic E-state index is 0.613. The molecule has 0 aromatic heterocycles. The standard InChI is InChI=1S/C16H13F3N/c17-16(18,19)13-7-9-14(10-8-13)20-11-3-5-12-4-1-2-6-15(12)20/h1,4,6-10H,3,5,11H2. The van der Waals surface area contributed by atoms with Gasteiger partial charge in [-0.25, -0.2) is 0 Å². The van der Waals surface area contributed by atoms with Gasteiger partial charge < -0.3 is 4.90 Å². The molecule has 1 aliphatic heterocycles. The molecule has 2 aromatic carbocycles. The van der Waals surface area contributed by atoms with Gasteiger partial charge in [0.1, 0.15) is 0 Å². The summed E-state index contributed by atoms with van der Waals surface area (Å²) >= 11 is 0. The molecule has 3 rings (SSSR count). The highest BCUT2D eigenvalue weighted by Gasteiger charge is 2.30. The molecule has 0 bridgehead atoms. The number of rotatable bonds is 1. The van der Waals surface area contributed by atoms with E-state index in [2.05, 4.69) is 11.0 Å². The van der Waals surface area contributed by atoms with Crippen LogP contribution in [0.4, 0.5) is 24.5 Å². The van der Waals surface area contributed by atoms with E-state index in [0.717, 1.165) is 42.9 Å². The number of hydrogen-bond donors (Lipinski definition) is 0. The Hall–Kier alpha value is -1.97. The highest BCUT2D eigenvalue weighted by atomic mass is 19.4. The molecule has 20 heavy (non-hydrogen) atoms. The van der Waals surface area contributed by atoms with Gasteiger partial charge in [0.05, 0.1) is 5.56 Å². The Bertz CT molecular complexity index is 602. The number of halogens is 3. The monoisotopic (exact) mass is 276 g/mol. The Morgan fingerprint density at radius 1 is 1.05 bits per heavy atom. The Balaban J connectivity index is 1.95. The summed E-state index contributed by atoms with van der Waals surface area (Å²) in [5, 5.41) is 0. The van der Waals surface area contributed by atoms with Crippen molar-refractivity contribution in [2.75, 3.05) is 11.4 Å². The van der Waals surface area contributed by atoms with Crippen molar-refractivity contribution in [3.63, 3.8) is 0 Å². The van der Waals surface area contributed by atoms with Crippen molar-refractivity contribution >= 4 is 11.4 Å². The van der Waals surface area contributed by atoms with Gasteiger partial charge in [0.25, 0.3) is 0 Å². The van der Waals surface area contributed by atoms with Gasteiger partial charge in [-0.05, 0) is 54.8 Å². The van der Waals surface area contributed by atoms with E-state index in [1.54, 1.807) is 0 Å². The van der Waals surface area contributed by atoms with Gasteiger partial charge in [0.2, 0.25) is 0 Å². The van der Waals surface area contributed by atoms with E-state index in [-0.39, 0.29) is 0 Å². The molecule has 0 saturated heterocycles. The summed E-state index contributed by atoms with van der Waals surface area (Å²) in [6, 6.07) is 14.2. The molecule has 0 amide bonds. The number of benzene rings is 2. The fourth-order valence-corrected chi connectivity index (χ4v) is 2.56. The molecule has 2 aromatic rings. The van der Waals surface area contributed by atoms with Gasteiger partial charge in [0.15, 0.2) is 0 Å². The molecule has 103 valence electrons. The zero-order chi connectivity index (χ0) is 14.2. The molecule has 1 heterocycles. The quantitative estimate of drug-likeness (QED) is 0.736. The number of hydrogen-bond acceptors (Lipinski definition) is 1. The lowest BCUT2D eigenvalue weighted by Gasteiger charge is -2.31. The lowest BCUT2D eigenvalue weighted by molar-refractivity contribution is -0.137. The largest absolute Gasteiger partial charge is 0.416 e. The molecule has 0 spiro atoms. The van der Waals surface area contributed by atoms with Gasteiger partial charge in [0, 0.05) is 17.9 Å². The van der Waals surface area contributed by atoms with Gasteiger partial charge in [-0.15, -0.1) is 0 Å². The molecule has 1 aliphatic rings. The Morgan fingerprint density at radius 2 is 1.80 bits per heavy atom.